The number of sulfone groups is 1. The van der Waals surface area contributed by atoms with Crippen LogP contribution in [0.4, 0.5) is 0 Å². The Bertz CT molecular complexity index is 283. The number of hydrogen-bond acceptors (Lipinski definition) is 2. The summed E-state index contributed by atoms with van der Waals surface area (Å²) in [5.41, 5.74) is 0. The van der Waals surface area contributed by atoms with Crippen molar-refractivity contribution in [1.82, 2.24) is 0 Å². The maximum atomic E-state index is 12.6. The van der Waals surface area contributed by atoms with E-state index in [1.807, 2.05) is 55.4 Å². The quantitative estimate of drug-likeness (QED) is 0.748. The Morgan fingerprint density at radius 2 is 0.933 bits per heavy atom. The SMILES string of the molecule is CC(C)C(C)(C)S(=O)(=O)C(C)(C)C(C)C. The van der Waals surface area contributed by atoms with Crippen molar-refractivity contribution >= 4 is 9.84 Å². The normalized spacial score (nSPS) is 15.1. The fraction of sp³-hybridized carbons (Fsp3) is 1.00. The van der Waals surface area contributed by atoms with Gasteiger partial charge in [-0.1, -0.05) is 27.7 Å². The fourth-order valence-electron chi connectivity index (χ4n) is 1.30. The van der Waals surface area contributed by atoms with Gasteiger partial charge in [-0.25, -0.2) is 8.42 Å². The Morgan fingerprint density at radius 3 is 1.07 bits per heavy atom. The standard InChI is InChI=1S/C12H26O2S/c1-9(2)11(5,6)15(13,14)12(7,8)10(3)4/h9-10H,1-8H3. The minimum Gasteiger partial charge on any atom is -0.228 e. The predicted molar refractivity (Wildman–Crippen MR) is 66.8 cm³/mol. The van der Waals surface area contributed by atoms with Gasteiger partial charge in [0.15, 0.2) is 9.84 Å². The van der Waals surface area contributed by atoms with Gasteiger partial charge in [-0.3, -0.25) is 0 Å². The van der Waals surface area contributed by atoms with Crippen molar-refractivity contribution in [2.45, 2.75) is 64.9 Å². The zero-order valence-corrected chi connectivity index (χ0v) is 12.2. The molecule has 0 atom stereocenters. The summed E-state index contributed by atoms with van der Waals surface area (Å²) in [4.78, 5) is 0. The van der Waals surface area contributed by atoms with Gasteiger partial charge >= 0.3 is 0 Å². The molecule has 0 fully saturated rings. The van der Waals surface area contributed by atoms with Crippen LogP contribution in [-0.4, -0.2) is 17.9 Å². The van der Waals surface area contributed by atoms with Crippen molar-refractivity contribution < 1.29 is 8.42 Å². The molecule has 0 saturated heterocycles. The van der Waals surface area contributed by atoms with Crippen LogP contribution in [0, 0.1) is 11.8 Å². The second-order valence-corrected chi connectivity index (χ2v) is 9.13. The van der Waals surface area contributed by atoms with Crippen LogP contribution in [0.1, 0.15) is 55.4 Å². The Hall–Kier alpha value is -0.0500. The van der Waals surface area contributed by atoms with E-state index >= 15 is 0 Å². The van der Waals surface area contributed by atoms with Crippen LogP contribution in [0.25, 0.3) is 0 Å². The van der Waals surface area contributed by atoms with Crippen LogP contribution < -0.4 is 0 Å². The van der Waals surface area contributed by atoms with Crippen molar-refractivity contribution in [2.75, 3.05) is 0 Å². The molecule has 0 amide bonds. The van der Waals surface area contributed by atoms with Crippen molar-refractivity contribution in [2.24, 2.45) is 11.8 Å². The van der Waals surface area contributed by atoms with Crippen LogP contribution in [-0.2, 0) is 9.84 Å². The second-order valence-electron chi connectivity index (χ2n) is 6.02. The van der Waals surface area contributed by atoms with Crippen molar-refractivity contribution in [3.8, 4) is 0 Å². The molecule has 0 heterocycles. The third-order valence-electron chi connectivity index (χ3n) is 4.17. The summed E-state index contributed by atoms with van der Waals surface area (Å²) in [5, 5.41) is 0. The molecule has 0 unspecified atom stereocenters. The van der Waals surface area contributed by atoms with Crippen LogP contribution in [0.3, 0.4) is 0 Å². The van der Waals surface area contributed by atoms with Crippen molar-refractivity contribution in [3.05, 3.63) is 0 Å². The van der Waals surface area contributed by atoms with Crippen LogP contribution >= 0.6 is 0 Å². The molecule has 0 saturated carbocycles. The molecule has 3 heteroatoms. The second kappa shape index (κ2) is 4.08. The maximum Gasteiger partial charge on any atom is 0.161 e. The molecule has 0 aromatic heterocycles. The third-order valence-corrected chi connectivity index (χ3v) is 7.88. The molecule has 0 N–H and O–H groups in total. The highest BCUT2D eigenvalue weighted by atomic mass is 32.2. The van der Waals surface area contributed by atoms with Gasteiger partial charge in [-0.2, -0.15) is 0 Å². The largest absolute Gasteiger partial charge is 0.228 e. The summed E-state index contributed by atoms with van der Waals surface area (Å²) in [6.07, 6.45) is 0. The zero-order chi connectivity index (χ0) is 12.7. The highest BCUT2D eigenvalue weighted by Crippen LogP contribution is 2.38. The van der Waals surface area contributed by atoms with Gasteiger partial charge in [-0.15, -0.1) is 0 Å². The Labute approximate surface area is 95.4 Å². The van der Waals surface area contributed by atoms with E-state index in [0.29, 0.717) is 0 Å². The third kappa shape index (κ3) is 2.22. The van der Waals surface area contributed by atoms with Crippen LogP contribution in [0.15, 0.2) is 0 Å². The van der Waals surface area contributed by atoms with Gasteiger partial charge in [0.25, 0.3) is 0 Å². The van der Waals surface area contributed by atoms with E-state index in [1.165, 1.54) is 0 Å². The molecule has 0 aliphatic carbocycles. The molecule has 92 valence electrons. The van der Waals surface area contributed by atoms with Gasteiger partial charge in [0.1, 0.15) is 0 Å². The van der Waals surface area contributed by atoms with E-state index in [2.05, 4.69) is 0 Å². The molecule has 2 nitrogen and oxygen atoms in total. The molecule has 0 spiro atoms. The lowest BCUT2D eigenvalue weighted by Gasteiger charge is -2.40. The molecule has 0 aromatic rings. The Balaban J connectivity index is 5.54. The molecular weight excluding hydrogens is 208 g/mol. The Kier molecular flexibility index (Phi) is 4.06. The van der Waals surface area contributed by atoms with E-state index in [9.17, 15) is 8.42 Å². The highest BCUT2D eigenvalue weighted by molar-refractivity contribution is 7.94. The first-order chi connectivity index (χ1) is 6.39. The van der Waals surface area contributed by atoms with Crippen LogP contribution in [0.5, 0.6) is 0 Å². The molecule has 0 aromatic carbocycles. The highest BCUT2D eigenvalue weighted by Gasteiger charge is 2.48. The predicted octanol–water partition coefficient (Wildman–Crippen LogP) is 3.27. The fourth-order valence-corrected chi connectivity index (χ4v) is 3.90. The van der Waals surface area contributed by atoms with Gasteiger partial charge in [-0.05, 0) is 39.5 Å². The summed E-state index contributed by atoms with van der Waals surface area (Å²) in [6, 6.07) is 0. The first-order valence-corrected chi connectivity index (χ1v) is 7.11. The first kappa shape index (κ1) is 14.9. The molecule has 15 heavy (non-hydrogen) atoms. The molecular formula is C12H26O2S. The lowest BCUT2D eigenvalue weighted by Crippen LogP contribution is -2.51. The van der Waals surface area contributed by atoms with Crippen molar-refractivity contribution in [1.29, 1.82) is 0 Å². The van der Waals surface area contributed by atoms with E-state index < -0.39 is 19.3 Å². The average Bonchev–Trinajstić information content (AvgIpc) is 2.02. The lowest BCUT2D eigenvalue weighted by atomic mass is 9.98. The summed E-state index contributed by atoms with van der Waals surface area (Å²) in [7, 11) is -3.14. The smallest absolute Gasteiger partial charge is 0.161 e. The van der Waals surface area contributed by atoms with E-state index in [4.69, 9.17) is 0 Å². The van der Waals surface area contributed by atoms with Gasteiger partial charge in [0.05, 0.1) is 9.49 Å². The molecule has 0 bridgehead atoms. The van der Waals surface area contributed by atoms with Gasteiger partial charge < -0.3 is 0 Å². The summed E-state index contributed by atoms with van der Waals surface area (Å²) >= 11 is 0. The molecule has 0 rings (SSSR count). The lowest BCUT2D eigenvalue weighted by molar-refractivity contribution is 0.399. The zero-order valence-electron chi connectivity index (χ0n) is 11.4. The molecule has 0 aliphatic heterocycles. The number of rotatable bonds is 4. The topological polar surface area (TPSA) is 34.1 Å². The van der Waals surface area contributed by atoms with Gasteiger partial charge in [0.2, 0.25) is 0 Å². The first-order valence-electron chi connectivity index (χ1n) is 5.63. The average molecular weight is 234 g/mol. The van der Waals surface area contributed by atoms with E-state index in [1.54, 1.807) is 0 Å². The van der Waals surface area contributed by atoms with Crippen LogP contribution in [0.2, 0.25) is 0 Å². The Morgan fingerprint density at radius 1 is 0.733 bits per heavy atom. The maximum absolute atomic E-state index is 12.6. The minimum atomic E-state index is -3.14. The summed E-state index contributed by atoms with van der Waals surface area (Å²) in [5.74, 6) is 0.251. The van der Waals surface area contributed by atoms with E-state index in [0.717, 1.165) is 0 Å². The number of hydrogen-bond donors (Lipinski definition) is 0. The van der Waals surface area contributed by atoms with Gasteiger partial charge in [0, 0.05) is 0 Å². The molecule has 0 aliphatic rings. The summed E-state index contributed by atoms with van der Waals surface area (Å²) in [6.45, 7) is 15.2. The molecule has 0 radical (unpaired) electrons. The van der Waals surface area contributed by atoms with E-state index in [-0.39, 0.29) is 11.8 Å². The minimum absolute atomic E-state index is 0.125. The van der Waals surface area contributed by atoms with Crippen molar-refractivity contribution in [3.63, 3.8) is 0 Å². The summed E-state index contributed by atoms with van der Waals surface area (Å²) < 4.78 is 23.8. The monoisotopic (exact) mass is 234 g/mol.